The van der Waals surface area contributed by atoms with E-state index >= 15 is 0 Å². The Morgan fingerprint density at radius 1 is 1.30 bits per heavy atom. The predicted octanol–water partition coefficient (Wildman–Crippen LogP) is 1.08. The number of rotatable bonds is 4. The van der Waals surface area contributed by atoms with Crippen LogP contribution in [0.15, 0.2) is 12.1 Å². The van der Waals surface area contributed by atoms with E-state index in [1.165, 1.54) is 26.3 Å². The molecule has 0 spiro atoms. The number of alkyl halides is 3. The van der Waals surface area contributed by atoms with Crippen molar-refractivity contribution in [3.8, 4) is 5.75 Å². The smallest absolute Gasteiger partial charge is 0.471 e. The Bertz CT molecular complexity index is 685. The SMILES string of the molecule is COc1ccc(CCNC(=O)C(F)(F)F)c2c1N(C)C(=O)C2=O. The van der Waals surface area contributed by atoms with Crippen LogP contribution in [0.3, 0.4) is 0 Å². The summed E-state index contributed by atoms with van der Waals surface area (Å²) in [6.07, 6.45) is -4.99. The normalized spacial score (nSPS) is 14.0. The lowest BCUT2D eigenvalue weighted by molar-refractivity contribution is -0.173. The van der Waals surface area contributed by atoms with Gasteiger partial charge in [-0.1, -0.05) is 6.07 Å². The van der Waals surface area contributed by atoms with Crippen molar-refractivity contribution in [1.29, 1.82) is 0 Å². The molecule has 0 saturated carbocycles. The molecule has 1 heterocycles. The third-order valence-corrected chi connectivity index (χ3v) is 3.45. The van der Waals surface area contributed by atoms with Gasteiger partial charge in [0.1, 0.15) is 5.75 Å². The van der Waals surface area contributed by atoms with E-state index in [2.05, 4.69) is 0 Å². The quantitative estimate of drug-likeness (QED) is 0.838. The summed E-state index contributed by atoms with van der Waals surface area (Å²) in [6.45, 7) is -0.317. The Kier molecular flexibility index (Phi) is 4.31. The Morgan fingerprint density at radius 3 is 2.52 bits per heavy atom. The van der Waals surface area contributed by atoms with Crippen LogP contribution in [0.4, 0.5) is 18.9 Å². The number of hydrogen-bond acceptors (Lipinski definition) is 4. The molecule has 0 saturated heterocycles. The molecule has 1 aromatic carbocycles. The summed E-state index contributed by atoms with van der Waals surface area (Å²) in [5.74, 6) is -3.24. The number of amides is 2. The summed E-state index contributed by atoms with van der Waals surface area (Å²) in [5.41, 5.74) is 0.742. The highest BCUT2D eigenvalue weighted by atomic mass is 19.4. The molecular formula is C14H13F3N2O4. The van der Waals surface area contributed by atoms with Crippen LogP contribution >= 0.6 is 0 Å². The van der Waals surface area contributed by atoms with Gasteiger partial charge in [-0.05, 0) is 18.1 Å². The molecule has 0 unspecified atom stereocenters. The zero-order valence-corrected chi connectivity index (χ0v) is 12.3. The summed E-state index contributed by atoms with van der Waals surface area (Å²) >= 11 is 0. The maximum Gasteiger partial charge on any atom is 0.471 e. The fourth-order valence-corrected chi connectivity index (χ4v) is 2.34. The first kappa shape index (κ1) is 16.8. The van der Waals surface area contributed by atoms with Crippen LogP contribution in [-0.2, 0) is 16.0 Å². The van der Waals surface area contributed by atoms with Crippen LogP contribution in [0.2, 0.25) is 0 Å². The number of nitrogens with zero attached hydrogens (tertiary/aromatic N) is 1. The van der Waals surface area contributed by atoms with Gasteiger partial charge in [-0.3, -0.25) is 14.4 Å². The average Bonchev–Trinajstić information content (AvgIpc) is 2.72. The molecular weight excluding hydrogens is 317 g/mol. The molecule has 0 radical (unpaired) electrons. The Hall–Kier alpha value is -2.58. The number of anilines is 1. The number of Topliss-reactive ketones (excluding diaryl/α,β-unsaturated/α-hetero) is 1. The van der Waals surface area contributed by atoms with Crippen LogP contribution in [0, 0.1) is 0 Å². The van der Waals surface area contributed by atoms with E-state index in [-0.39, 0.29) is 24.2 Å². The molecule has 1 aliphatic rings. The Balaban J connectivity index is 2.24. The van der Waals surface area contributed by atoms with Crippen LogP contribution < -0.4 is 15.0 Å². The van der Waals surface area contributed by atoms with Gasteiger partial charge in [0.05, 0.1) is 18.4 Å². The minimum absolute atomic E-state index is 0.0268. The standard InChI is InChI=1S/C14H13F3N2O4/c1-19-10-8(23-2)4-3-7(9(10)11(20)12(19)21)5-6-18-13(22)14(15,16)17/h3-4H,5-6H2,1-2H3,(H,18,22). The largest absolute Gasteiger partial charge is 0.495 e. The predicted molar refractivity (Wildman–Crippen MR) is 73.5 cm³/mol. The molecule has 1 aliphatic heterocycles. The fourth-order valence-electron chi connectivity index (χ4n) is 2.34. The molecule has 124 valence electrons. The van der Waals surface area contributed by atoms with Crippen molar-refractivity contribution >= 4 is 23.3 Å². The second-order valence-corrected chi connectivity index (χ2v) is 4.85. The summed E-state index contributed by atoms with van der Waals surface area (Å²) < 4.78 is 41.5. The van der Waals surface area contributed by atoms with Crippen LogP contribution in [-0.4, -0.2) is 44.5 Å². The van der Waals surface area contributed by atoms with Gasteiger partial charge in [-0.15, -0.1) is 0 Å². The minimum atomic E-state index is -4.96. The second kappa shape index (κ2) is 5.90. The van der Waals surface area contributed by atoms with E-state index in [4.69, 9.17) is 4.74 Å². The van der Waals surface area contributed by atoms with Crippen molar-refractivity contribution in [3.05, 3.63) is 23.3 Å². The average molecular weight is 330 g/mol. The number of nitrogens with one attached hydrogen (secondary N) is 1. The van der Waals surface area contributed by atoms with E-state index in [0.717, 1.165) is 4.90 Å². The number of carbonyl (C=O) groups excluding carboxylic acids is 3. The molecule has 2 amide bonds. The van der Waals surface area contributed by atoms with E-state index < -0.39 is 23.8 Å². The topological polar surface area (TPSA) is 75.7 Å². The summed E-state index contributed by atoms with van der Waals surface area (Å²) in [4.78, 5) is 35.7. The van der Waals surface area contributed by atoms with Gasteiger partial charge < -0.3 is 15.0 Å². The Labute approximate surface area is 129 Å². The fraction of sp³-hybridized carbons (Fsp3) is 0.357. The van der Waals surface area contributed by atoms with Gasteiger partial charge in [0.25, 0.3) is 11.7 Å². The molecule has 1 N–H and O–H groups in total. The number of ketones is 1. The van der Waals surface area contributed by atoms with E-state index in [0.29, 0.717) is 11.3 Å². The van der Waals surface area contributed by atoms with Crippen molar-refractivity contribution in [2.24, 2.45) is 0 Å². The Morgan fingerprint density at radius 2 is 1.96 bits per heavy atom. The van der Waals surface area contributed by atoms with E-state index in [9.17, 15) is 27.6 Å². The lowest BCUT2D eigenvalue weighted by Gasteiger charge is -2.15. The maximum absolute atomic E-state index is 12.1. The van der Waals surface area contributed by atoms with E-state index in [1.54, 1.807) is 5.32 Å². The zero-order chi connectivity index (χ0) is 17.4. The number of halogens is 3. The molecule has 0 aromatic heterocycles. The number of fused-ring (bicyclic) bond motifs is 1. The zero-order valence-electron chi connectivity index (χ0n) is 12.3. The molecule has 0 aliphatic carbocycles. The number of hydrogen-bond donors (Lipinski definition) is 1. The molecule has 0 bridgehead atoms. The third-order valence-electron chi connectivity index (χ3n) is 3.45. The summed E-state index contributed by atoms with van der Waals surface area (Å²) in [6, 6.07) is 3.00. The molecule has 0 atom stereocenters. The molecule has 0 fully saturated rings. The van der Waals surface area contributed by atoms with Crippen molar-refractivity contribution in [2.45, 2.75) is 12.6 Å². The van der Waals surface area contributed by atoms with Gasteiger partial charge in [0.15, 0.2) is 0 Å². The highest BCUT2D eigenvalue weighted by molar-refractivity contribution is 6.52. The van der Waals surface area contributed by atoms with Gasteiger partial charge in [0, 0.05) is 13.6 Å². The van der Waals surface area contributed by atoms with Gasteiger partial charge in [-0.2, -0.15) is 13.2 Å². The maximum atomic E-state index is 12.1. The monoisotopic (exact) mass is 330 g/mol. The number of carbonyl (C=O) groups is 3. The summed E-state index contributed by atoms with van der Waals surface area (Å²) in [5, 5.41) is 1.72. The number of methoxy groups -OCH3 is 1. The first-order valence-corrected chi connectivity index (χ1v) is 6.55. The molecule has 9 heteroatoms. The van der Waals surface area contributed by atoms with Gasteiger partial charge in [-0.25, -0.2) is 0 Å². The van der Waals surface area contributed by atoms with Crippen molar-refractivity contribution in [2.75, 3.05) is 25.6 Å². The second-order valence-electron chi connectivity index (χ2n) is 4.85. The van der Waals surface area contributed by atoms with Crippen LogP contribution in [0.1, 0.15) is 15.9 Å². The highest BCUT2D eigenvalue weighted by Crippen LogP contribution is 2.39. The van der Waals surface area contributed by atoms with Crippen molar-refractivity contribution in [1.82, 2.24) is 5.32 Å². The number of ether oxygens (including phenoxy) is 1. The van der Waals surface area contributed by atoms with Crippen molar-refractivity contribution < 1.29 is 32.3 Å². The van der Waals surface area contributed by atoms with E-state index in [1.807, 2.05) is 0 Å². The first-order valence-electron chi connectivity index (χ1n) is 6.55. The summed E-state index contributed by atoms with van der Waals surface area (Å²) in [7, 11) is 2.78. The molecule has 2 rings (SSSR count). The number of benzene rings is 1. The third kappa shape index (κ3) is 2.99. The molecule has 1 aromatic rings. The number of likely N-dealkylation sites (N-methyl/N-ethyl adjacent to an activating group) is 1. The first-order chi connectivity index (χ1) is 10.7. The van der Waals surface area contributed by atoms with Crippen LogP contribution in [0.5, 0.6) is 5.75 Å². The van der Waals surface area contributed by atoms with Crippen molar-refractivity contribution in [3.63, 3.8) is 0 Å². The lowest BCUT2D eigenvalue weighted by Crippen LogP contribution is -2.37. The molecule has 23 heavy (non-hydrogen) atoms. The minimum Gasteiger partial charge on any atom is -0.495 e. The highest BCUT2D eigenvalue weighted by Gasteiger charge is 2.39. The lowest BCUT2D eigenvalue weighted by atomic mass is 10.0. The van der Waals surface area contributed by atoms with Gasteiger partial charge >= 0.3 is 12.1 Å². The molecule has 6 nitrogen and oxygen atoms in total. The van der Waals surface area contributed by atoms with Gasteiger partial charge in [0.2, 0.25) is 0 Å². The van der Waals surface area contributed by atoms with Crippen LogP contribution in [0.25, 0.3) is 0 Å².